The summed E-state index contributed by atoms with van der Waals surface area (Å²) in [5.74, 6) is 2.08. The van der Waals surface area contributed by atoms with E-state index in [1.807, 2.05) is 17.9 Å². The summed E-state index contributed by atoms with van der Waals surface area (Å²) in [7, 11) is 0. The summed E-state index contributed by atoms with van der Waals surface area (Å²) in [4.78, 5) is 25.0. The lowest BCUT2D eigenvalue weighted by atomic mass is 10.0. The van der Waals surface area contributed by atoms with E-state index >= 15 is 0 Å². The number of piperazine rings is 1. The number of rotatable bonds is 2. The fourth-order valence-electron chi connectivity index (χ4n) is 3.01. The highest BCUT2D eigenvalue weighted by Gasteiger charge is 2.31. The standard InChI is InChI=1S/C14H19N7O.ClH/c1-10-6-12(21-14(18-10)16-9-17-21)19-2-4-20(5-3-19)13(22)11-7-15-8-11;/h6,9,11,15H,2-5,7-8H2,1H3;1H. The minimum Gasteiger partial charge on any atom is -0.353 e. The van der Waals surface area contributed by atoms with Crippen molar-refractivity contribution in [3.05, 3.63) is 18.1 Å². The predicted molar refractivity (Wildman–Crippen MR) is 87.9 cm³/mol. The molecule has 4 heterocycles. The molecule has 4 rings (SSSR count). The van der Waals surface area contributed by atoms with Gasteiger partial charge in [0, 0.05) is 51.0 Å². The van der Waals surface area contributed by atoms with Gasteiger partial charge in [0.1, 0.15) is 12.1 Å². The molecule has 2 aromatic rings. The molecule has 0 saturated carbocycles. The summed E-state index contributed by atoms with van der Waals surface area (Å²) in [6.45, 7) is 6.74. The number of anilines is 1. The van der Waals surface area contributed by atoms with Crippen molar-refractivity contribution in [2.45, 2.75) is 6.92 Å². The fourth-order valence-corrected chi connectivity index (χ4v) is 3.01. The molecule has 2 saturated heterocycles. The SMILES string of the molecule is Cc1cc(N2CCN(C(=O)C3CNC3)CC2)n2ncnc2n1.Cl. The maximum Gasteiger partial charge on any atom is 0.254 e. The third-order valence-electron chi connectivity index (χ3n) is 4.41. The number of fused-ring (bicyclic) bond motifs is 1. The molecular weight excluding hydrogens is 318 g/mol. The summed E-state index contributed by atoms with van der Waals surface area (Å²) >= 11 is 0. The first-order chi connectivity index (χ1) is 10.7. The van der Waals surface area contributed by atoms with E-state index in [9.17, 15) is 4.79 Å². The molecule has 9 heteroatoms. The van der Waals surface area contributed by atoms with Crippen molar-refractivity contribution in [3.63, 3.8) is 0 Å². The van der Waals surface area contributed by atoms with Gasteiger partial charge in [-0.2, -0.15) is 14.6 Å². The average Bonchev–Trinajstić information content (AvgIpc) is 2.93. The first kappa shape index (κ1) is 15.9. The van der Waals surface area contributed by atoms with Crippen LogP contribution in [0.2, 0.25) is 0 Å². The lowest BCUT2D eigenvalue weighted by Gasteiger charge is -2.39. The fraction of sp³-hybridized carbons (Fsp3) is 0.571. The summed E-state index contributed by atoms with van der Waals surface area (Å²) < 4.78 is 1.76. The van der Waals surface area contributed by atoms with Gasteiger partial charge in [0.2, 0.25) is 5.91 Å². The second-order valence-electron chi connectivity index (χ2n) is 5.90. The van der Waals surface area contributed by atoms with Gasteiger partial charge in [0.15, 0.2) is 0 Å². The van der Waals surface area contributed by atoms with Crippen LogP contribution >= 0.6 is 12.4 Å². The maximum atomic E-state index is 12.3. The van der Waals surface area contributed by atoms with Crippen molar-refractivity contribution < 1.29 is 4.79 Å². The smallest absolute Gasteiger partial charge is 0.254 e. The zero-order valence-corrected chi connectivity index (χ0v) is 13.8. The summed E-state index contributed by atoms with van der Waals surface area (Å²) in [5, 5.41) is 7.41. The van der Waals surface area contributed by atoms with Gasteiger partial charge in [-0.05, 0) is 6.92 Å². The highest BCUT2D eigenvalue weighted by atomic mass is 35.5. The van der Waals surface area contributed by atoms with E-state index in [1.54, 1.807) is 4.52 Å². The van der Waals surface area contributed by atoms with Gasteiger partial charge >= 0.3 is 0 Å². The Kier molecular flexibility index (Phi) is 4.36. The second kappa shape index (κ2) is 6.29. The first-order valence-corrected chi connectivity index (χ1v) is 7.64. The van der Waals surface area contributed by atoms with Crippen LogP contribution in [0.1, 0.15) is 5.69 Å². The van der Waals surface area contributed by atoms with E-state index in [-0.39, 0.29) is 24.2 Å². The molecular formula is C14H20ClN7O. The topological polar surface area (TPSA) is 78.7 Å². The Balaban J connectivity index is 0.00000156. The number of nitrogens with zero attached hydrogens (tertiary/aromatic N) is 6. The summed E-state index contributed by atoms with van der Waals surface area (Å²) in [5.41, 5.74) is 0.926. The van der Waals surface area contributed by atoms with Crippen molar-refractivity contribution in [1.82, 2.24) is 29.8 Å². The van der Waals surface area contributed by atoms with Crippen LogP contribution in [-0.2, 0) is 4.79 Å². The van der Waals surface area contributed by atoms with Gasteiger partial charge in [-0.25, -0.2) is 4.98 Å². The number of hydrogen-bond acceptors (Lipinski definition) is 6. The zero-order chi connectivity index (χ0) is 15.1. The van der Waals surface area contributed by atoms with Gasteiger partial charge in [0.25, 0.3) is 5.78 Å². The molecule has 124 valence electrons. The Labute approximate surface area is 140 Å². The molecule has 2 aromatic heterocycles. The van der Waals surface area contributed by atoms with Gasteiger partial charge in [0.05, 0.1) is 5.92 Å². The van der Waals surface area contributed by atoms with Crippen molar-refractivity contribution in [2.24, 2.45) is 5.92 Å². The van der Waals surface area contributed by atoms with Crippen molar-refractivity contribution in [1.29, 1.82) is 0 Å². The predicted octanol–water partition coefficient (Wildman–Crippen LogP) is -0.277. The molecule has 2 aliphatic rings. The Hall–Kier alpha value is -1.93. The highest BCUT2D eigenvalue weighted by molar-refractivity contribution is 5.85. The van der Waals surface area contributed by atoms with Gasteiger partial charge in [-0.3, -0.25) is 4.79 Å². The Morgan fingerprint density at radius 3 is 2.65 bits per heavy atom. The molecule has 23 heavy (non-hydrogen) atoms. The van der Waals surface area contributed by atoms with Crippen LogP contribution in [0, 0.1) is 12.8 Å². The van der Waals surface area contributed by atoms with E-state index in [1.165, 1.54) is 6.33 Å². The molecule has 0 aromatic carbocycles. The third-order valence-corrected chi connectivity index (χ3v) is 4.41. The van der Waals surface area contributed by atoms with Crippen molar-refractivity contribution in [2.75, 3.05) is 44.2 Å². The van der Waals surface area contributed by atoms with Crippen LogP contribution in [0.3, 0.4) is 0 Å². The minimum atomic E-state index is 0. The van der Waals surface area contributed by atoms with Crippen LogP contribution in [0.5, 0.6) is 0 Å². The number of hydrogen-bond donors (Lipinski definition) is 1. The maximum absolute atomic E-state index is 12.3. The lowest BCUT2D eigenvalue weighted by Crippen LogP contribution is -2.56. The summed E-state index contributed by atoms with van der Waals surface area (Å²) in [6, 6.07) is 2.02. The molecule has 2 aliphatic heterocycles. The van der Waals surface area contributed by atoms with Crippen molar-refractivity contribution in [3.8, 4) is 0 Å². The number of carbonyl (C=O) groups is 1. The molecule has 1 N–H and O–H groups in total. The molecule has 8 nitrogen and oxygen atoms in total. The molecule has 0 radical (unpaired) electrons. The molecule has 0 aliphatic carbocycles. The van der Waals surface area contributed by atoms with E-state index in [0.29, 0.717) is 5.78 Å². The van der Waals surface area contributed by atoms with Crippen LogP contribution in [0.4, 0.5) is 5.82 Å². The average molecular weight is 338 g/mol. The quantitative estimate of drug-likeness (QED) is 0.812. The van der Waals surface area contributed by atoms with E-state index in [0.717, 1.165) is 50.8 Å². The second-order valence-corrected chi connectivity index (χ2v) is 5.90. The largest absolute Gasteiger partial charge is 0.353 e. The van der Waals surface area contributed by atoms with Crippen LogP contribution in [0.15, 0.2) is 12.4 Å². The first-order valence-electron chi connectivity index (χ1n) is 7.64. The number of nitrogens with one attached hydrogen (secondary N) is 1. The Morgan fingerprint density at radius 2 is 2.00 bits per heavy atom. The van der Waals surface area contributed by atoms with E-state index < -0.39 is 0 Å². The van der Waals surface area contributed by atoms with Gasteiger partial charge in [-0.1, -0.05) is 0 Å². The normalized spacial score (nSPS) is 18.7. The monoisotopic (exact) mass is 337 g/mol. The molecule has 0 bridgehead atoms. The van der Waals surface area contributed by atoms with Crippen molar-refractivity contribution >= 4 is 29.9 Å². The number of aryl methyl sites for hydroxylation is 1. The number of aromatic nitrogens is 4. The Bertz CT molecular complexity index is 706. The molecule has 0 unspecified atom stereocenters. The van der Waals surface area contributed by atoms with Gasteiger partial charge in [-0.15, -0.1) is 12.4 Å². The van der Waals surface area contributed by atoms with Crippen LogP contribution < -0.4 is 10.2 Å². The van der Waals surface area contributed by atoms with E-state index in [4.69, 9.17) is 0 Å². The molecule has 0 spiro atoms. The molecule has 2 fully saturated rings. The highest BCUT2D eigenvalue weighted by Crippen LogP contribution is 2.19. The van der Waals surface area contributed by atoms with Crippen LogP contribution in [-0.4, -0.2) is 69.7 Å². The number of halogens is 1. The molecule has 0 atom stereocenters. The minimum absolute atomic E-state index is 0. The molecule has 1 amide bonds. The number of amides is 1. The van der Waals surface area contributed by atoms with Gasteiger partial charge < -0.3 is 15.1 Å². The third kappa shape index (κ3) is 2.84. The summed E-state index contributed by atoms with van der Waals surface area (Å²) in [6.07, 6.45) is 1.52. The van der Waals surface area contributed by atoms with E-state index in [2.05, 4.69) is 25.3 Å². The Morgan fingerprint density at radius 1 is 1.26 bits per heavy atom. The lowest BCUT2D eigenvalue weighted by molar-refractivity contribution is -0.137. The van der Waals surface area contributed by atoms with Crippen LogP contribution in [0.25, 0.3) is 5.78 Å². The number of carbonyl (C=O) groups excluding carboxylic acids is 1. The zero-order valence-electron chi connectivity index (χ0n) is 13.0.